The van der Waals surface area contributed by atoms with Crippen LogP contribution in [-0.2, 0) is 9.47 Å². The van der Waals surface area contributed by atoms with Gasteiger partial charge in [0.1, 0.15) is 13.2 Å². The summed E-state index contributed by atoms with van der Waals surface area (Å²) < 4.78 is 32.0. The van der Waals surface area contributed by atoms with Crippen molar-refractivity contribution < 1.29 is 37.4 Å². The molecule has 0 radical (unpaired) electrons. The second kappa shape index (κ2) is 41.7. The molecular formula is C46H83BrN2O8. The Morgan fingerprint density at radius 1 is 0.526 bits per heavy atom. The molecule has 0 aromatic carbocycles. The van der Waals surface area contributed by atoms with E-state index in [-0.39, 0.29) is 11.5 Å². The number of likely N-dealkylation sites (N-methyl/N-ethyl adjacent to an activating group) is 1. The average molecular weight is 872 g/mol. The second-order valence-electron chi connectivity index (χ2n) is 15.0. The minimum atomic E-state index is -0.454. The van der Waals surface area contributed by atoms with Crippen molar-refractivity contribution >= 4 is 27.9 Å². The van der Waals surface area contributed by atoms with Crippen LogP contribution in [0.4, 0.5) is 0 Å². The molecule has 0 aliphatic heterocycles. The summed E-state index contributed by atoms with van der Waals surface area (Å²) in [7, 11) is 7.62. The Balaban J connectivity index is 0.00000103. The van der Waals surface area contributed by atoms with Gasteiger partial charge in [0.05, 0.1) is 13.2 Å². The third kappa shape index (κ3) is 35.2. The van der Waals surface area contributed by atoms with Gasteiger partial charge in [0, 0.05) is 24.0 Å². The number of alkyl halides is 1. The number of carbonyl (C=O) groups is 2. The summed E-state index contributed by atoms with van der Waals surface area (Å²) >= 11 is 3.21. The molecule has 2 aromatic rings. The first-order valence-corrected chi connectivity index (χ1v) is 23.5. The normalized spacial score (nSPS) is 10.7. The highest BCUT2D eigenvalue weighted by Gasteiger charge is 2.14. The van der Waals surface area contributed by atoms with Crippen LogP contribution in [0.1, 0.15) is 189 Å². The number of furan rings is 2. The summed E-state index contributed by atoms with van der Waals surface area (Å²) in [5, 5.41) is 3.36. The monoisotopic (exact) mass is 871 g/mol. The van der Waals surface area contributed by atoms with Gasteiger partial charge < -0.3 is 38.0 Å². The van der Waals surface area contributed by atoms with Gasteiger partial charge in [0.15, 0.2) is 0 Å². The number of halogens is 1. The maximum Gasteiger partial charge on any atom is 0.374 e. The zero-order valence-electron chi connectivity index (χ0n) is 37.1. The topological polar surface area (TPSA) is 113 Å². The maximum atomic E-state index is 11.8. The highest BCUT2D eigenvalue weighted by atomic mass is 79.9. The number of esters is 2. The first kappa shape index (κ1) is 54.5. The molecule has 0 saturated carbocycles. The predicted octanol–water partition coefficient (Wildman–Crippen LogP) is 12.8. The summed E-state index contributed by atoms with van der Waals surface area (Å²) in [5.74, 6) is 0.271. The van der Waals surface area contributed by atoms with Crippen molar-refractivity contribution in [2.24, 2.45) is 0 Å². The molecule has 0 amide bonds. The van der Waals surface area contributed by atoms with Crippen molar-refractivity contribution in [3.8, 4) is 11.9 Å². The number of rotatable bonds is 35. The maximum absolute atomic E-state index is 11.8. The first-order valence-electron chi connectivity index (χ1n) is 22.4. The Morgan fingerprint density at radius 2 is 0.842 bits per heavy atom. The fraction of sp³-hybridized carbons (Fsp3) is 0.783. The Morgan fingerprint density at radius 3 is 1.16 bits per heavy atom. The third-order valence-corrected chi connectivity index (χ3v) is 9.46. The largest absolute Gasteiger partial charge is 0.465 e. The quantitative estimate of drug-likeness (QED) is 0.0408. The summed E-state index contributed by atoms with van der Waals surface area (Å²) in [6.45, 7) is 7.15. The lowest BCUT2D eigenvalue weighted by Gasteiger charge is -2.08. The van der Waals surface area contributed by atoms with Crippen LogP contribution in [0.15, 0.2) is 33.1 Å². The number of nitrogens with one attached hydrogen (secondary N) is 1. The smallest absolute Gasteiger partial charge is 0.374 e. The molecule has 0 bridgehead atoms. The zero-order chi connectivity index (χ0) is 42.0. The number of unbranched alkanes of at least 4 members (excludes halogenated alkanes) is 22. The molecule has 0 fully saturated rings. The van der Waals surface area contributed by atoms with E-state index in [1.165, 1.54) is 141 Å². The van der Waals surface area contributed by atoms with Crippen molar-refractivity contribution in [1.29, 1.82) is 0 Å². The molecule has 0 atom stereocenters. The van der Waals surface area contributed by atoms with Gasteiger partial charge in [-0.1, -0.05) is 171 Å². The number of nitrogens with zero attached hydrogens (tertiary/aromatic N) is 1. The van der Waals surface area contributed by atoms with Crippen LogP contribution < -0.4 is 14.8 Å². The molecule has 0 aliphatic rings. The Labute approximate surface area is 356 Å². The van der Waals surface area contributed by atoms with Crippen LogP contribution in [0.2, 0.25) is 0 Å². The van der Waals surface area contributed by atoms with E-state index in [2.05, 4.69) is 35.1 Å². The Kier molecular flexibility index (Phi) is 39.8. The van der Waals surface area contributed by atoms with E-state index >= 15 is 0 Å². The highest BCUT2D eigenvalue weighted by Crippen LogP contribution is 2.19. The van der Waals surface area contributed by atoms with Crippen molar-refractivity contribution in [2.75, 3.05) is 66.5 Å². The molecule has 11 heteroatoms. The van der Waals surface area contributed by atoms with Crippen LogP contribution in [0.25, 0.3) is 0 Å². The fourth-order valence-electron chi connectivity index (χ4n) is 5.84. The van der Waals surface area contributed by atoms with E-state index in [0.29, 0.717) is 50.2 Å². The van der Waals surface area contributed by atoms with Gasteiger partial charge in [-0.15, -0.1) is 0 Å². The lowest BCUT2D eigenvalue weighted by Crippen LogP contribution is -2.19. The van der Waals surface area contributed by atoms with Gasteiger partial charge in [-0.2, -0.15) is 0 Å². The van der Waals surface area contributed by atoms with Gasteiger partial charge >= 0.3 is 11.9 Å². The van der Waals surface area contributed by atoms with Crippen LogP contribution in [0, 0.1) is 0 Å². The van der Waals surface area contributed by atoms with E-state index in [1.807, 2.05) is 33.1 Å². The van der Waals surface area contributed by atoms with Crippen molar-refractivity contribution in [3.63, 3.8) is 0 Å². The van der Waals surface area contributed by atoms with Gasteiger partial charge in [0.25, 0.3) is 11.9 Å². The fourth-order valence-corrected chi connectivity index (χ4v) is 6.00. The molecule has 1 N–H and O–H groups in total. The summed E-state index contributed by atoms with van der Waals surface area (Å²) in [6.07, 6.45) is 31.7. The molecule has 10 nitrogen and oxygen atoms in total. The van der Waals surface area contributed by atoms with E-state index in [4.69, 9.17) is 27.8 Å². The number of hydrogen-bond donors (Lipinski definition) is 1. The van der Waals surface area contributed by atoms with Crippen molar-refractivity contribution in [2.45, 2.75) is 168 Å². The van der Waals surface area contributed by atoms with Gasteiger partial charge in [0.2, 0.25) is 11.5 Å². The van der Waals surface area contributed by atoms with Crippen LogP contribution in [-0.4, -0.2) is 83.3 Å². The van der Waals surface area contributed by atoms with Crippen molar-refractivity contribution in [3.05, 3.63) is 35.8 Å². The molecule has 0 aliphatic carbocycles. The molecule has 2 heterocycles. The minimum Gasteiger partial charge on any atom is -0.465 e. The molecule has 2 aromatic heterocycles. The molecule has 0 unspecified atom stereocenters. The molecular weight excluding hydrogens is 788 g/mol. The Bertz CT molecular complexity index is 1160. The number of hydrogen-bond acceptors (Lipinski definition) is 10. The summed E-state index contributed by atoms with van der Waals surface area (Å²) in [6, 6.07) is 6.55. The zero-order valence-corrected chi connectivity index (χ0v) is 38.7. The van der Waals surface area contributed by atoms with Crippen LogP contribution >= 0.6 is 15.9 Å². The average Bonchev–Trinajstić information content (AvgIpc) is 3.88. The Hall–Kier alpha value is -2.50. The van der Waals surface area contributed by atoms with E-state index in [0.717, 1.165) is 12.8 Å². The van der Waals surface area contributed by atoms with E-state index in [9.17, 15) is 9.59 Å². The van der Waals surface area contributed by atoms with Crippen LogP contribution in [0.3, 0.4) is 0 Å². The molecule has 332 valence electrons. The van der Waals surface area contributed by atoms with Gasteiger partial charge in [-0.05, 0) is 53.2 Å². The number of carbonyl (C=O) groups excluding carboxylic acids is 2. The van der Waals surface area contributed by atoms with Crippen molar-refractivity contribution in [1.82, 2.24) is 10.2 Å². The predicted molar refractivity (Wildman–Crippen MR) is 238 cm³/mol. The lowest BCUT2D eigenvalue weighted by atomic mass is 10.1. The molecule has 57 heavy (non-hydrogen) atoms. The lowest BCUT2D eigenvalue weighted by molar-refractivity contribution is 0.0436. The SMILES string of the molecule is CCCCCCCCCCCCCCOc1ccc(C(=O)OCCBr)o1.CCCCCCCCCCCCCCOc1ccc(C(=O)OCCN(C)C)o1.CNC. The summed E-state index contributed by atoms with van der Waals surface area (Å²) in [4.78, 5) is 25.4. The highest BCUT2D eigenvalue weighted by molar-refractivity contribution is 9.09. The van der Waals surface area contributed by atoms with Gasteiger partial charge in [-0.25, -0.2) is 9.59 Å². The van der Waals surface area contributed by atoms with E-state index < -0.39 is 11.9 Å². The van der Waals surface area contributed by atoms with Crippen LogP contribution in [0.5, 0.6) is 11.9 Å². The second-order valence-corrected chi connectivity index (χ2v) is 15.8. The molecule has 0 saturated heterocycles. The molecule has 2 rings (SSSR count). The summed E-state index contributed by atoms with van der Waals surface area (Å²) in [5.41, 5.74) is 0. The molecule has 0 spiro atoms. The number of ether oxygens (including phenoxy) is 4. The first-order chi connectivity index (χ1) is 27.8. The van der Waals surface area contributed by atoms with Gasteiger partial charge in [-0.3, -0.25) is 0 Å². The minimum absolute atomic E-state index is 0.190. The third-order valence-electron chi connectivity index (χ3n) is 9.13. The van der Waals surface area contributed by atoms with E-state index in [1.54, 1.807) is 24.3 Å². The standard InChI is InChI=1S/C23H41NO4.C21H35BrO4.C2H7N/c1-4-5-6-7-8-9-10-11-12-13-14-15-19-26-22-17-16-21(28-22)23(25)27-20-18-24(2)3;1-2-3-4-5-6-7-8-9-10-11-12-13-17-24-20-15-14-19(26-20)21(23)25-18-16-22;1-3-2/h16-17H,4-15,18-20H2,1-3H3;14-15H,2-13,16-18H2,1H3;3H,1-2H3.